The summed E-state index contributed by atoms with van der Waals surface area (Å²) in [7, 11) is 4.74. The summed E-state index contributed by atoms with van der Waals surface area (Å²) in [5.74, 6) is -0.584. The van der Waals surface area contributed by atoms with Crippen molar-refractivity contribution in [2.45, 2.75) is 6.92 Å². The smallest absolute Gasteiger partial charge is 0.257 e. The molecule has 2 amide bonds. The molecule has 24 heavy (non-hydrogen) atoms. The molecule has 0 spiro atoms. The highest BCUT2D eigenvalue weighted by Gasteiger charge is 2.16. The molecule has 0 unspecified atom stereocenters. The van der Waals surface area contributed by atoms with E-state index in [1.54, 1.807) is 39.2 Å². The average Bonchev–Trinajstić information content (AvgIpc) is 2.53. The van der Waals surface area contributed by atoms with E-state index in [9.17, 15) is 14.0 Å². The van der Waals surface area contributed by atoms with E-state index in [1.807, 2.05) is 0 Å². The van der Waals surface area contributed by atoms with Gasteiger partial charge in [0.25, 0.3) is 11.8 Å². The average molecular weight is 330 g/mol. The number of benzene rings is 2. The SMILES string of the molecule is COc1ccc(NC(=O)c2ccc(F)cc2C)cc1C(=O)N(C)C. The Kier molecular flexibility index (Phi) is 5.18. The first-order chi connectivity index (χ1) is 11.3. The van der Waals surface area contributed by atoms with Crippen molar-refractivity contribution in [1.29, 1.82) is 0 Å². The molecule has 0 aliphatic rings. The van der Waals surface area contributed by atoms with Crippen LogP contribution in [-0.4, -0.2) is 37.9 Å². The first-order valence-electron chi connectivity index (χ1n) is 7.30. The third kappa shape index (κ3) is 3.71. The maximum atomic E-state index is 13.2. The van der Waals surface area contributed by atoms with Crippen molar-refractivity contribution in [3.8, 4) is 5.75 Å². The molecule has 6 heteroatoms. The van der Waals surface area contributed by atoms with Crippen molar-refractivity contribution in [3.63, 3.8) is 0 Å². The molecule has 0 aliphatic carbocycles. The standard InChI is InChI=1S/C18H19FN2O3/c1-11-9-12(19)5-7-14(11)17(22)20-13-6-8-16(24-4)15(10-13)18(23)21(2)3/h5-10H,1-4H3,(H,20,22). The van der Waals surface area contributed by atoms with Crippen LogP contribution in [0.15, 0.2) is 36.4 Å². The van der Waals surface area contributed by atoms with Crippen LogP contribution in [0.3, 0.4) is 0 Å². The molecule has 0 fully saturated rings. The summed E-state index contributed by atoms with van der Waals surface area (Å²) >= 11 is 0. The van der Waals surface area contributed by atoms with Crippen LogP contribution in [0.1, 0.15) is 26.3 Å². The Morgan fingerprint density at radius 1 is 1.08 bits per heavy atom. The van der Waals surface area contributed by atoms with E-state index in [1.165, 1.54) is 30.2 Å². The molecular formula is C18H19FN2O3. The van der Waals surface area contributed by atoms with Gasteiger partial charge in [-0.2, -0.15) is 0 Å². The summed E-state index contributed by atoms with van der Waals surface area (Å²) in [6.45, 7) is 1.66. The van der Waals surface area contributed by atoms with Crippen molar-refractivity contribution in [2.24, 2.45) is 0 Å². The van der Waals surface area contributed by atoms with E-state index in [4.69, 9.17) is 4.74 Å². The van der Waals surface area contributed by atoms with E-state index in [0.717, 1.165) is 0 Å². The predicted molar refractivity (Wildman–Crippen MR) is 90.1 cm³/mol. The zero-order valence-corrected chi connectivity index (χ0v) is 14.0. The van der Waals surface area contributed by atoms with E-state index in [0.29, 0.717) is 28.1 Å². The molecule has 0 aliphatic heterocycles. The van der Waals surface area contributed by atoms with E-state index in [2.05, 4.69) is 5.32 Å². The second-order valence-corrected chi connectivity index (χ2v) is 5.53. The highest BCUT2D eigenvalue weighted by Crippen LogP contribution is 2.24. The fraction of sp³-hybridized carbons (Fsp3) is 0.222. The van der Waals surface area contributed by atoms with Gasteiger partial charge in [-0.3, -0.25) is 9.59 Å². The van der Waals surface area contributed by atoms with Gasteiger partial charge in [0.05, 0.1) is 12.7 Å². The molecule has 0 radical (unpaired) electrons. The van der Waals surface area contributed by atoms with E-state index < -0.39 is 5.82 Å². The normalized spacial score (nSPS) is 10.2. The van der Waals surface area contributed by atoms with Gasteiger partial charge in [0.1, 0.15) is 11.6 Å². The lowest BCUT2D eigenvalue weighted by molar-refractivity contribution is 0.0824. The van der Waals surface area contributed by atoms with Crippen molar-refractivity contribution >= 4 is 17.5 Å². The van der Waals surface area contributed by atoms with E-state index in [-0.39, 0.29) is 11.8 Å². The number of nitrogens with one attached hydrogen (secondary N) is 1. The number of hydrogen-bond donors (Lipinski definition) is 1. The highest BCUT2D eigenvalue weighted by atomic mass is 19.1. The summed E-state index contributed by atoms with van der Waals surface area (Å²) in [6.07, 6.45) is 0. The van der Waals surface area contributed by atoms with Gasteiger partial charge in [0.15, 0.2) is 0 Å². The molecule has 2 aromatic carbocycles. The summed E-state index contributed by atoms with van der Waals surface area (Å²) in [5, 5.41) is 2.72. The topological polar surface area (TPSA) is 58.6 Å². The molecule has 2 rings (SSSR count). The number of ether oxygens (including phenoxy) is 1. The van der Waals surface area contributed by atoms with E-state index >= 15 is 0 Å². The minimum atomic E-state index is -0.396. The number of aryl methyl sites for hydroxylation is 1. The number of carbonyl (C=O) groups excluding carboxylic acids is 2. The van der Waals surface area contributed by atoms with Gasteiger partial charge in [-0.1, -0.05) is 0 Å². The Labute approximate surface area is 140 Å². The van der Waals surface area contributed by atoms with Crippen molar-refractivity contribution < 1.29 is 18.7 Å². The molecule has 5 nitrogen and oxygen atoms in total. The molecule has 2 aromatic rings. The van der Waals surface area contributed by atoms with Crippen molar-refractivity contribution in [3.05, 3.63) is 58.9 Å². The van der Waals surface area contributed by atoms with Gasteiger partial charge in [-0.05, 0) is 48.9 Å². The monoisotopic (exact) mass is 330 g/mol. The third-order valence-electron chi connectivity index (χ3n) is 3.53. The number of rotatable bonds is 4. The Morgan fingerprint density at radius 3 is 2.38 bits per heavy atom. The van der Waals surface area contributed by atoms with Crippen LogP contribution in [0, 0.1) is 12.7 Å². The fourth-order valence-corrected chi connectivity index (χ4v) is 2.27. The number of halogens is 1. The molecule has 0 heterocycles. The second kappa shape index (κ2) is 7.12. The van der Waals surface area contributed by atoms with Gasteiger partial charge in [-0.25, -0.2) is 4.39 Å². The maximum Gasteiger partial charge on any atom is 0.257 e. The number of anilines is 1. The van der Waals surface area contributed by atoms with Crippen LogP contribution in [-0.2, 0) is 0 Å². The van der Waals surface area contributed by atoms with Crippen molar-refractivity contribution in [1.82, 2.24) is 4.90 Å². The van der Waals surface area contributed by atoms with Gasteiger partial charge in [-0.15, -0.1) is 0 Å². The number of amides is 2. The molecule has 126 valence electrons. The molecular weight excluding hydrogens is 311 g/mol. The first-order valence-corrected chi connectivity index (χ1v) is 7.30. The Hall–Kier alpha value is -2.89. The van der Waals surface area contributed by atoms with Crippen molar-refractivity contribution in [2.75, 3.05) is 26.5 Å². The van der Waals surface area contributed by atoms with Gasteiger partial charge >= 0.3 is 0 Å². The Bertz CT molecular complexity index is 788. The van der Waals surface area contributed by atoms with Crippen LogP contribution < -0.4 is 10.1 Å². The predicted octanol–water partition coefficient (Wildman–Crippen LogP) is 3.10. The zero-order chi connectivity index (χ0) is 17.9. The van der Waals surface area contributed by atoms with Crippen LogP contribution in [0.5, 0.6) is 5.75 Å². The number of nitrogens with zero attached hydrogens (tertiary/aromatic N) is 1. The lowest BCUT2D eigenvalue weighted by Gasteiger charge is -2.15. The molecule has 0 atom stereocenters. The molecule has 1 N–H and O–H groups in total. The molecule has 0 saturated heterocycles. The van der Waals surface area contributed by atoms with Crippen LogP contribution in [0.4, 0.5) is 10.1 Å². The number of hydrogen-bond acceptors (Lipinski definition) is 3. The summed E-state index contributed by atoms with van der Waals surface area (Å²) in [6, 6.07) is 8.76. The Balaban J connectivity index is 2.31. The Morgan fingerprint density at radius 2 is 1.79 bits per heavy atom. The fourth-order valence-electron chi connectivity index (χ4n) is 2.27. The summed E-state index contributed by atoms with van der Waals surface area (Å²) in [5.41, 5.74) is 1.70. The summed E-state index contributed by atoms with van der Waals surface area (Å²) in [4.78, 5) is 26.0. The third-order valence-corrected chi connectivity index (χ3v) is 3.53. The van der Waals surface area contributed by atoms with Crippen LogP contribution in [0.25, 0.3) is 0 Å². The zero-order valence-electron chi connectivity index (χ0n) is 14.0. The first kappa shape index (κ1) is 17.5. The largest absolute Gasteiger partial charge is 0.496 e. The van der Waals surface area contributed by atoms with Crippen LogP contribution in [0.2, 0.25) is 0 Å². The highest BCUT2D eigenvalue weighted by molar-refractivity contribution is 6.06. The maximum absolute atomic E-state index is 13.2. The van der Waals surface area contributed by atoms with Crippen LogP contribution >= 0.6 is 0 Å². The minimum absolute atomic E-state index is 0.235. The molecule has 0 saturated carbocycles. The van der Waals surface area contributed by atoms with Gasteiger partial charge in [0, 0.05) is 25.3 Å². The quantitative estimate of drug-likeness (QED) is 0.937. The number of carbonyl (C=O) groups is 2. The minimum Gasteiger partial charge on any atom is -0.496 e. The second-order valence-electron chi connectivity index (χ2n) is 5.53. The summed E-state index contributed by atoms with van der Waals surface area (Å²) < 4.78 is 18.3. The molecule has 0 aromatic heterocycles. The van der Waals surface area contributed by atoms with Gasteiger partial charge in [0.2, 0.25) is 0 Å². The number of methoxy groups -OCH3 is 1. The lowest BCUT2D eigenvalue weighted by atomic mass is 10.1. The lowest BCUT2D eigenvalue weighted by Crippen LogP contribution is -2.22. The molecule has 0 bridgehead atoms. The van der Waals surface area contributed by atoms with Gasteiger partial charge < -0.3 is 15.0 Å².